The van der Waals surface area contributed by atoms with Gasteiger partial charge in [-0.2, -0.15) is 5.10 Å². The van der Waals surface area contributed by atoms with Crippen LogP contribution in [0.2, 0.25) is 0 Å². The summed E-state index contributed by atoms with van der Waals surface area (Å²) in [5.74, 6) is 0.144. The number of halogens is 1. The predicted molar refractivity (Wildman–Crippen MR) is 106 cm³/mol. The van der Waals surface area contributed by atoms with Gasteiger partial charge in [-0.15, -0.1) is 0 Å². The minimum atomic E-state index is -3.32. The third-order valence-corrected chi connectivity index (χ3v) is 5.76. The number of hydrazone groups is 1. The topological polar surface area (TPSA) is 58.5 Å². The van der Waals surface area contributed by atoms with Crippen molar-refractivity contribution in [1.29, 1.82) is 0 Å². The number of benzene rings is 1. The molecule has 0 unspecified atom stereocenters. The van der Waals surface area contributed by atoms with E-state index in [0.717, 1.165) is 22.0 Å². The first-order chi connectivity index (χ1) is 11.0. The van der Waals surface area contributed by atoms with Crippen molar-refractivity contribution >= 4 is 38.8 Å². The summed E-state index contributed by atoms with van der Waals surface area (Å²) in [5, 5.41) is 3.86. The summed E-state index contributed by atoms with van der Waals surface area (Å²) in [7, 11) is -3.32. The maximum absolute atomic E-state index is 11.9. The van der Waals surface area contributed by atoms with Crippen molar-refractivity contribution in [2.24, 2.45) is 5.10 Å². The molecule has 23 heavy (non-hydrogen) atoms. The van der Waals surface area contributed by atoms with Gasteiger partial charge >= 0.3 is 0 Å². The van der Waals surface area contributed by atoms with Crippen LogP contribution < -0.4 is 4.83 Å². The Morgan fingerprint density at radius 2 is 1.65 bits per heavy atom. The van der Waals surface area contributed by atoms with Crippen molar-refractivity contribution < 1.29 is 8.42 Å². The van der Waals surface area contributed by atoms with Crippen LogP contribution in [0.15, 0.2) is 29.4 Å². The molecule has 1 rings (SSSR count). The van der Waals surface area contributed by atoms with E-state index in [0.29, 0.717) is 6.42 Å². The molecule has 0 aliphatic heterocycles. The molecule has 0 atom stereocenters. The van der Waals surface area contributed by atoms with E-state index in [4.69, 9.17) is 0 Å². The van der Waals surface area contributed by atoms with Crippen molar-refractivity contribution in [1.82, 2.24) is 4.83 Å². The number of hydrogen-bond donors (Lipinski definition) is 1. The fourth-order valence-corrected chi connectivity index (χ4v) is 3.64. The Hall–Kier alpha value is -0.630. The third-order valence-electron chi connectivity index (χ3n) is 3.57. The van der Waals surface area contributed by atoms with E-state index in [1.807, 2.05) is 24.3 Å². The molecule has 0 amide bonds. The zero-order valence-electron chi connectivity index (χ0n) is 13.8. The lowest BCUT2D eigenvalue weighted by atomic mass is 10.1. The number of nitrogens with zero attached hydrogens (tertiary/aromatic N) is 1. The highest BCUT2D eigenvalue weighted by molar-refractivity contribution is 14.1. The minimum absolute atomic E-state index is 0.144. The van der Waals surface area contributed by atoms with E-state index in [1.54, 1.807) is 6.21 Å². The summed E-state index contributed by atoms with van der Waals surface area (Å²) in [6.07, 6.45) is 10.6. The van der Waals surface area contributed by atoms with E-state index >= 15 is 0 Å². The number of rotatable bonds is 12. The van der Waals surface area contributed by atoms with Crippen LogP contribution in [0.1, 0.15) is 63.9 Å². The quantitative estimate of drug-likeness (QED) is 0.218. The Balaban J connectivity index is 2.20. The Labute approximate surface area is 154 Å². The second kappa shape index (κ2) is 11.8. The van der Waals surface area contributed by atoms with Crippen molar-refractivity contribution in [3.8, 4) is 0 Å². The molecule has 0 fully saturated rings. The van der Waals surface area contributed by atoms with Crippen LogP contribution in [-0.4, -0.2) is 20.4 Å². The lowest BCUT2D eigenvalue weighted by Gasteiger charge is -2.04. The highest BCUT2D eigenvalue weighted by Gasteiger charge is 2.07. The summed E-state index contributed by atoms with van der Waals surface area (Å²) in [4.78, 5) is 2.29. The molecule has 1 aromatic rings. The smallest absolute Gasteiger partial charge is 0.205 e. The number of nitrogens with one attached hydrogen (secondary N) is 1. The van der Waals surface area contributed by atoms with E-state index in [1.165, 1.54) is 32.1 Å². The first kappa shape index (κ1) is 20.4. The molecule has 6 heteroatoms. The molecule has 0 spiro atoms. The number of hydrogen-bond acceptors (Lipinski definition) is 3. The zero-order chi connectivity index (χ0) is 17.0. The Kier molecular flexibility index (Phi) is 10.5. The van der Waals surface area contributed by atoms with Crippen LogP contribution in [0.5, 0.6) is 0 Å². The summed E-state index contributed by atoms with van der Waals surface area (Å²) in [6, 6.07) is 7.69. The van der Waals surface area contributed by atoms with E-state index < -0.39 is 10.0 Å². The summed E-state index contributed by atoms with van der Waals surface area (Å²) in [6.45, 7) is 2.21. The zero-order valence-corrected chi connectivity index (χ0v) is 16.8. The van der Waals surface area contributed by atoms with Gasteiger partial charge in [-0.1, -0.05) is 70.1 Å². The first-order valence-corrected chi connectivity index (χ1v) is 11.1. The molecular formula is C17H27IN2O2S. The Morgan fingerprint density at radius 1 is 1.04 bits per heavy atom. The molecule has 4 nitrogen and oxygen atoms in total. The molecule has 0 saturated heterocycles. The molecule has 0 aliphatic carbocycles. The predicted octanol–water partition coefficient (Wildman–Crippen LogP) is 4.69. The molecule has 0 aliphatic rings. The van der Waals surface area contributed by atoms with Gasteiger partial charge in [0, 0.05) is 9.13 Å². The van der Waals surface area contributed by atoms with Crippen molar-refractivity contribution in [3.63, 3.8) is 0 Å². The monoisotopic (exact) mass is 450 g/mol. The largest absolute Gasteiger partial charge is 0.247 e. The molecular weight excluding hydrogens is 423 g/mol. The van der Waals surface area contributed by atoms with Gasteiger partial charge < -0.3 is 0 Å². The fourth-order valence-electron chi connectivity index (χ4n) is 2.23. The average molecular weight is 450 g/mol. The fraction of sp³-hybridized carbons (Fsp3) is 0.588. The van der Waals surface area contributed by atoms with Crippen molar-refractivity contribution in [2.75, 3.05) is 5.75 Å². The first-order valence-electron chi connectivity index (χ1n) is 8.32. The van der Waals surface area contributed by atoms with Crippen LogP contribution >= 0.6 is 22.6 Å². The highest BCUT2D eigenvalue weighted by Crippen LogP contribution is 2.10. The van der Waals surface area contributed by atoms with Gasteiger partial charge in [0.2, 0.25) is 10.0 Å². The van der Waals surface area contributed by atoms with Crippen LogP contribution in [0, 0.1) is 3.57 Å². The van der Waals surface area contributed by atoms with Crippen molar-refractivity contribution in [3.05, 3.63) is 33.4 Å². The van der Waals surface area contributed by atoms with Gasteiger partial charge in [0.25, 0.3) is 0 Å². The molecule has 0 heterocycles. The summed E-state index contributed by atoms with van der Waals surface area (Å²) >= 11 is 2.20. The van der Waals surface area contributed by atoms with E-state index in [-0.39, 0.29) is 5.75 Å². The Bertz CT molecular complexity index is 574. The number of unbranched alkanes of at least 4 members (excludes halogenated alkanes) is 7. The highest BCUT2D eigenvalue weighted by atomic mass is 127. The van der Waals surface area contributed by atoms with Gasteiger partial charge in [-0.3, -0.25) is 0 Å². The van der Waals surface area contributed by atoms with Gasteiger partial charge in [-0.05, 0) is 35.1 Å². The summed E-state index contributed by atoms with van der Waals surface area (Å²) < 4.78 is 24.7. The van der Waals surface area contributed by atoms with E-state index in [9.17, 15) is 8.42 Å². The Morgan fingerprint density at radius 3 is 2.30 bits per heavy atom. The normalized spacial score (nSPS) is 11.9. The van der Waals surface area contributed by atoms with Crippen molar-refractivity contribution in [2.45, 2.75) is 58.3 Å². The second-order valence-corrected chi connectivity index (χ2v) is 8.65. The van der Waals surface area contributed by atoms with Gasteiger partial charge in [0.15, 0.2) is 0 Å². The van der Waals surface area contributed by atoms with Gasteiger partial charge in [0.1, 0.15) is 0 Å². The molecule has 0 saturated carbocycles. The van der Waals surface area contributed by atoms with Gasteiger partial charge in [-0.25, -0.2) is 13.2 Å². The standard InChI is InChI=1S/C17H27IN2O2S/c1-2-3-4-5-6-7-8-11-14-23(21,22)20-19-15-16-12-9-10-13-17(16)18/h9-10,12-13,15,20H,2-8,11,14H2,1H3. The van der Waals surface area contributed by atoms with Gasteiger partial charge in [0.05, 0.1) is 12.0 Å². The molecule has 1 aromatic carbocycles. The lowest BCUT2D eigenvalue weighted by molar-refractivity contribution is 0.566. The van der Waals surface area contributed by atoms with Crippen LogP contribution in [-0.2, 0) is 10.0 Å². The average Bonchev–Trinajstić information content (AvgIpc) is 2.52. The molecule has 1 N–H and O–H groups in total. The molecule has 0 radical (unpaired) electrons. The maximum Gasteiger partial charge on any atom is 0.247 e. The maximum atomic E-state index is 11.9. The van der Waals surface area contributed by atoms with Crippen LogP contribution in [0.4, 0.5) is 0 Å². The number of sulfonamides is 1. The lowest BCUT2D eigenvalue weighted by Crippen LogP contribution is -2.21. The van der Waals surface area contributed by atoms with Crippen LogP contribution in [0.3, 0.4) is 0 Å². The minimum Gasteiger partial charge on any atom is -0.205 e. The van der Waals surface area contributed by atoms with Crippen LogP contribution in [0.25, 0.3) is 0 Å². The molecule has 0 bridgehead atoms. The third kappa shape index (κ3) is 9.96. The summed E-state index contributed by atoms with van der Waals surface area (Å²) in [5.41, 5.74) is 0.905. The second-order valence-electron chi connectivity index (χ2n) is 5.66. The SMILES string of the molecule is CCCCCCCCCCS(=O)(=O)NN=Cc1ccccc1I. The molecule has 130 valence electrons. The molecule has 0 aromatic heterocycles. The van der Waals surface area contributed by atoms with E-state index in [2.05, 4.69) is 39.4 Å².